The number of benzene rings is 1. The van der Waals surface area contributed by atoms with Crippen molar-refractivity contribution >= 4 is 48.9 Å². The predicted octanol–water partition coefficient (Wildman–Crippen LogP) is 5.45. The summed E-state index contributed by atoms with van der Waals surface area (Å²) >= 11 is 7.01. The van der Waals surface area contributed by atoms with E-state index in [9.17, 15) is 8.42 Å². The molecule has 0 bridgehead atoms. The van der Waals surface area contributed by atoms with Crippen LogP contribution in [-0.2, 0) is 28.4 Å². The van der Waals surface area contributed by atoms with E-state index < -0.39 is 9.84 Å². The Bertz CT molecular complexity index is 1050. The largest absolute Gasteiger partial charge is 0.372 e. The Balaban J connectivity index is 1.93. The number of nitrogens with zero attached hydrogens (tertiary/aromatic N) is 2. The highest BCUT2D eigenvalue weighted by Crippen LogP contribution is 2.25. The van der Waals surface area contributed by atoms with E-state index in [1.165, 1.54) is 21.0 Å². The van der Waals surface area contributed by atoms with Gasteiger partial charge in [0.2, 0.25) is 9.84 Å². The predicted molar refractivity (Wildman–Crippen MR) is 155 cm³/mol. The molecular weight excluding hydrogens is 564 g/mol. The highest BCUT2D eigenvalue weighted by atomic mass is 79.9. The fourth-order valence-corrected chi connectivity index (χ4v) is 8.03. The van der Waals surface area contributed by atoms with Gasteiger partial charge in [-0.15, -0.1) is 11.3 Å². The van der Waals surface area contributed by atoms with Crippen LogP contribution in [-0.4, -0.2) is 56.3 Å². The third-order valence-corrected chi connectivity index (χ3v) is 10.3. The van der Waals surface area contributed by atoms with Crippen molar-refractivity contribution in [2.45, 2.75) is 64.2 Å². The highest BCUT2D eigenvalue weighted by Gasteiger charge is 2.17. The van der Waals surface area contributed by atoms with Crippen molar-refractivity contribution in [1.29, 1.82) is 0 Å². The van der Waals surface area contributed by atoms with E-state index in [0.717, 1.165) is 37.4 Å². The number of sulfone groups is 1. The minimum atomic E-state index is -3.58. The van der Waals surface area contributed by atoms with Crippen LogP contribution >= 0.6 is 39.0 Å². The lowest BCUT2D eigenvalue weighted by Gasteiger charge is -2.25. The molecule has 6 nitrogen and oxygen atoms in total. The van der Waals surface area contributed by atoms with E-state index in [1.54, 1.807) is 24.3 Å². The quantitative estimate of drug-likeness (QED) is 0.248. The molecule has 1 heterocycles. The van der Waals surface area contributed by atoms with Gasteiger partial charge < -0.3 is 15.5 Å². The number of rotatable bonds is 16. The van der Waals surface area contributed by atoms with Crippen LogP contribution in [0.15, 0.2) is 44.9 Å². The summed E-state index contributed by atoms with van der Waals surface area (Å²) in [7, 11) is -3.58. The fourth-order valence-electron chi connectivity index (χ4n) is 3.80. The second-order valence-corrected chi connectivity index (χ2v) is 13.0. The minimum Gasteiger partial charge on any atom is -0.372 e. The molecule has 1 aromatic heterocycles. The summed E-state index contributed by atoms with van der Waals surface area (Å²) in [5, 5.41) is 8.88. The fraction of sp³-hybridized carbons (Fsp3) is 0.560. The second kappa shape index (κ2) is 15.2. The zero-order chi connectivity index (χ0) is 25.8. The molecule has 0 aliphatic carbocycles. The molecule has 2 N–H and O–H groups in total. The van der Waals surface area contributed by atoms with E-state index in [-0.39, 0.29) is 4.90 Å². The molecule has 0 radical (unpaired) electrons. The topological polar surface area (TPSA) is 74.3 Å². The molecule has 1 aromatic carbocycles. The van der Waals surface area contributed by atoms with Crippen LogP contribution in [0, 0.1) is 0 Å². The molecule has 196 valence electrons. The van der Waals surface area contributed by atoms with Gasteiger partial charge >= 0.3 is 0 Å². The molecule has 1 unspecified atom stereocenters. The Morgan fingerprint density at radius 1 is 1.20 bits per heavy atom. The maximum absolute atomic E-state index is 12.8. The van der Waals surface area contributed by atoms with E-state index in [2.05, 4.69) is 59.2 Å². The first-order valence-electron chi connectivity index (χ1n) is 12.2. The smallest absolute Gasteiger partial charge is 0.204 e. The zero-order valence-corrected chi connectivity index (χ0v) is 25.5. The van der Waals surface area contributed by atoms with E-state index in [0.29, 0.717) is 29.4 Å². The van der Waals surface area contributed by atoms with Gasteiger partial charge in [0.1, 0.15) is 5.82 Å². The second-order valence-electron chi connectivity index (χ2n) is 8.12. The maximum atomic E-state index is 12.8. The van der Waals surface area contributed by atoms with Crippen molar-refractivity contribution in [2.75, 3.05) is 31.9 Å². The Morgan fingerprint density at radius 3 is 2.54 bits per heavy atom. The minimum absolute atomic E-state index is 0.258. The van der Waals surface area contributed by atoms with Crippen molar-refractivity contribution in [3.05, 3.63) is 55.5 Å². The Morgan fingerprint density at radius 2 is 1.91 bits per heavy atom. The molecule has 0 saturated carbocycles. The van der Waals surface area contributed by atoms with E-state index in [1.807, 2.05) is 30.0 Å². The van der Waals surface area contributed by atoms with Crippen LogP contribution in [0.25, 0.3) is 0 Å². The number of halogens is 1. The number of hydrogen-bond donors (Lipinski definition) is 2. The molecule has 2 aromatic rings. The van der Waals surface area contributed by atoms with Crippen LogP contribution in [0.4, 0.5) is 0 Å². The number of thioether (sulfide) groups is 1. The summed E-state index contributed by atoms with van der Waals surface area (Å²) in [6, 6.07) is 7.35. The van der Waals surface area contributed by atoms with Gasteiger partial charge in [0.05, 0.1) is 21.0 Å². The molecule has 0 saturated heterocycles. The number of aryl methyl sites for hydroxylation is 1. The van der Waals surface area contributed by atoms with Crippen LogP contribution in [0.3, 0.4) is 0 Å². The van der Waals surface area contributed by atoms with Gasteiger partial charge in [-0.3, -0.25) is 0 Å². The van der Waals surface area contributed by atoms with Gasteiger partial charge in [0, 0.05) is 46.4 Å². The van der Waals surface area contributed by atoms with Crippen LogP contribution in [0.2, 0.25) is 0 Å². The first kappa shape index (κ1) is 30.2. The van der Waals surface area contributed by atoms with Gasteiger partial charge in [-0.2, -0.15) is 11.8 Å². The standard InChI is InChI=1S/C25H39BrN4O2S3/c1-6-22-21(29-25(34-22)16-19(5)30(8-3)9-4)17-33-15-14-28-24(27-7-2)18-35(31,32)23-13-11-10-12-20(23)26/h10-13,18-19,27-28H,6-9,14-17H2,1-5H3. The molecule has 0 aliphatic rings. The molecule has 0 amide bonds. The van der Waals surface area contributed by atoms with Crippen molar-refractivity contribution in [3.8, 4) is 0 Å². The Hall–Kier alpha value is -1.07. The SMILES string of the molecule is CCNC(=CS(=O)(=O)c1ccccc1Br)NCCSCc1nc(CC(C)N(CC)CC)sc1CC. The molecule has 2 rings (SSSR count). The normalized spacial score (nSPS) is 13.3. The average molecular weight is 604 g/mol. The molecular formula is C25H39BrN4O2S3. The first-order chi connectivity index (χ1) is 16.7. The van der Waals surface area contributed by atoms with Crippen LogP contribution < -0.4 is 10.6 Å². The summed E-state index contributed by atoms with van der Waals surface area (Å²) < 4.78 is 26.2. The van der Waals surface area contributed by atoms with Gasteiger partial charge in [-0.05, 0) is 61.4 Å². The number of hydrogen-bond acceptors (Lipinski definition) is 8. The van der Waals surface area contributed by atoms with Crippen molar-refractivity contribution < 1.29 is 8.42 Å². The maximum Gasteiger partial charge on any atom is 0.204 e. The Kier molecular flexibility index (Phi) is 13.1. The number of aromatic nitrogens is 1. The average Bonchev–Trinajstić information content (AvgIpc) is 3.21. The molecule has 0 aliphatic heterocycles. The summed E-state index contributed by atoms with van der Waals surface area (Å²) in [6.07, 6.45) is 2.00. The third kappa shape index (κ3) is 9.39. The van der Waals surface area contributed by atoms with Crippen molar-refractivity contribution in [1.82, 2.24) is 20.5 Å². The summed E-state index contributed by atoms with van der Waals surface area (Å²) in [5.74, 6) is 2.24. The Labute approximate surface area is 228 Å². The lowest BCUT2D eigenvalue weighted by molar-refractivity contribution is 0.230. The molecule has 0 spiro atoms. The van der Waals surface area contributed by atoms with Crippen LogP contribution in [0.1, 0.15) is 50.2 Å². The highest BCUT2D eigenvalue weighted by molar-refractivity contribution is 9.10. The number of thiazole rings is 1. The number of likely N-dealkylation sites (N-methyl/N-ethyl adjacent to an activating group) is 1. The van der Waals surface area contributed by atoms with Crippen molar-refractivity contribution in [3.63, 3.8) is 0 Å². The van der Waals surface area contributed by atoms with E-state index in [4.69, 9.17) is 4.98 Å². The first-order valence-corrected chi connectivity index (χ1v) is 16.5. The number of nitrogens with one attached hydrogen (secondary N) is 2. The third-order valence-electron chi connectivity index (χ3n) is 5.63. The summed E-state index contributed by atoms with van der Waals surface area (Å²) in [4.78, 5) is 9.07. The summed E-state index contributed by atoms with van der Waals surface area (Å²) in [5.41, 5.74) is 1.20. The van der Waals surface area contributed by atoms with Crippen molar-refractivity contribution in [2.24, 2.45) is 0 Å². The van der Waals surface area contributed by atoms with Crippen LogP contribution in [0.5, 0.6) is 0 Å². The lowest BCUT2D eigenvalue weighted by atomic mass is 10.2. The molecule has 0 fully saturated rings. The monoisotopic (exact) mass is 602 g/mol. The van der Waals surface area contributed by atoms with Gasteiger partial charge in [0.25, 0.3) is 0 Å². The van der Waals surface area contributed by atoms with Gasteiger partial charge in [-0.25, -0.2) is 13.4 Å². The molecule has 1 atom stereocenters. The molecule has 10 heteroatoms. The lowest BCUT2D eigenvalue weighted by Crippen LogP contribution is -2.34. The molecule has 35 heavy (non-hydrogen) atoms. The summed E-state index contributed by atoms with van der Waals surface area (Å²) in [6.45, 7) is 14.3. The van der Waals surface area contributed by atoms with Gasteiger partial charge in [0.15, 0.2) is 0 Å². The van der Waals surface area contributed by atoms with Gasteiger partial charge in [-0.1, -0.05) is 32.9 Å². The zero-order valence-electron chi connectivity index (χ0n) is 21.4. The van der Waals surface area contributed by atoms with E-state index >= 15 is 0 Å².